The lowest BCUT2D eigenvalue weighted by molar-refractivity contribution is -0.384. The monoisotopic (exact) mass is 321 g/mol. The zero-order valence-electron chi connectivity index (χ0n) is 11.6. The maximum absolute atomic E-state index is 11.7. The number of carbonyl (C=O) groups is 1. The zero-order valence-corrected chi connectivity index (χ0v) is 12.4. The quantitative estimate of drug-likeness (QED) is 0.364. The van der Waals surface area contributed by atoms with Crippen molar-refractivity contribution in [1.29, 1.82) is 0 Å². The Hall–Kier alpha value is -2.60. The lowest BCUT2D eigenvalue weighted by atomic mass is 10.2. The van der Waals surface area contributed by atoms with Crippen LogP contribution in [0.2, 0.25) is 5.02 Å². The van der Waals surface area contributed by atoms with E-state index in [4.69, 9.17) is 21.1 Å². The Morgan fingerprint density at radius 3 is 2.73 bits per heavy atom. The number of non-ortho nitro benzene ring substituents is 1. The van der Waals surface area contributed by atoms with Gasteiger partial charge in [-0.15, -0.1) is 0 Å². The van der Waals surface area contributed by atoms with Crippen molar-refractivity contribution in [3.8, 4) is 11.5 Å². The Morgan fingerprint density at radius 2 is 2.05 bits per heavy atom. The van der Waals surface area contributed by atoms with Gasteiger partial charge in [0, 0.05) is 11.1 Å². The van der Waals surface area contributed by atoms with Crippen molar-refractivity contribution in [2.75, 3.05) is 6.61 Å². The second-order valence-electron chi connectivity index (χ2n) is 4.43. The highest BCUT2D eigenvalue weighted by molar-refractivity contribution is 6.30. The van der Waals surface area contributed by atoms with Crippen molar-refractivity contribution in [3.05, 3.63) is 63.2 Å². The van der Waals surface area contributed by atoms with Gasteiger partial charge in [0.05, 0.1) is 11.0 Å². The minimum Gasteiger partial charge on any atom is -0.482 e. The highest BCUT2D eigenvalue weighted by Crippen LogP contribution is 2.22. The van der Waals surface area contributed by atoms with Gasteiger partial charge in [-0.3, -0.25) is 10.1 Å². The molecule has 0 aromatic heterocycles. The molecule has 0 saturated carbocycles. The smallest absolute Gasteiger partial charge is 0.349 e. The summed E-state index contributed by atoms with van der Waals surface area (Å²) in [6.07, 6.45) is 0. The molecule has 0 heterocycles. The SMILES string of the molecule is Cc1cc(Cl)ccc1OC(=O)COc1cccc([N+](=O)[O-])c1. The Balaban J connectivity index is 1.95. The number of nitro groups is 1. The van der Waals surface area contributed by atoms with Crippen LogP contribution in [0.5, 0.6) is 11.5 Å². The standard InChI is InChI=1S/C15H12ClNO5/c1-10-7-11(16)5-6-14(10)22-15(18)9-21-13-4-2-3-12(8-13)17(19)20/h2-8H,9H2,1H3. The fourth-order valence-corrected chi connectivity index (χ4v) is 1.94. The van der Waals surface area contributed by atoms with Gasteiger partial charge in [0.1, 0.15) is 11.5 Å². The molecule has 2 aromatic carbocycles. The van der Waals surface area contributed by atoms with Crippen molar-refractivity contribution >= 4 is 23.3 Å². The Labute approximate surface area is 131 Å². The molecule has 0 aliphatic rings. The largest absolute Gasteiger partial charge is 0.482 e. The van der Waals surface area contributed by atoms with Gasteiger partial charge in [-0.2, -0.15) is 0 Å². The minimum absolute atomic E-state index is 0.112. The molecule has 6 nitrogen and oxygen atoms in total. The van der Waals surface area contributed by atoms with Crippen LogP contribution in [-0.2, 0) is 4.79 Å². The van der Waals surface area contributed by atoms with Crippen LogP contribution in [0.1, 0.15) is 5.56 Å². The zero-order chi connectivity index (χ0) is 16.1. The van der Waals surface area contributed by atoms with E-state index in [1.54, 1.807) is 25.1 Å². The first-order chi connectivity index (χ1) is 10.5. The van der Waals surface area contributed by atoms with E-state index in [0.717, 1.165) is 5.56 Å². The molecule has 114 valence electrons. The minimum atomic E-state index is -0.614. The Morgan fingerprint density at radius 1 is 1.27 bits per heavy atom. The third-order valence-electron chi connectivity index (χ3n) is 2.75. The second-order valence-corrected chi connectivity index (χ2v) is 4.86. The normalized spacial score (nSPS) is 10.1. The summed E-state index contributed by atoms with van der Waals surface area (Å²) in [5.41, 5.74) is 0.607. The van der Waals surface area contributed by atoms with Gasteiger partial charge < -0.3 is 9.47 Å². The molecular formula is C15H12ClNO5. The highest BCUT2D eigenvalue weighted by Gasteiger charge is 2.11. The van der Waals surface area contributed by atoms with E-state index in [2.05, 4.69) is 0 Å². The van der Waals surface area contributed by atoms with Gasteiger partial charge in [0.2, 0.25) is 0 Å². The van der Waals surface area contributed by atoms with Crippen molar-refractivity contribution < 1.29 is 19.2 Å². The van der Waals surface area contributed by atoms with Crippen LogP contribution in [0.25, 0.3) is 0 Å². The van der Waals surface area contributed by atoms with Gasteiger partial charge >= 0.3 is 5.97 Å². The van der Waals surface area contributed by atoms with Gasteiger partial charge in [-0.1, -0.05) is 17.7 Å². The number of nitro benzene ring substituents is 1. The number of carbonyl (C=O) groups excluding carboxylic acids is 1. The molecule has 0 N–H and O–H groups in total. The number of hydrogen-bond acceptors (Lipinski definition) is 5. The van der Waals surface area contributed by atoms with Gasteiger partial charge in [-0.05, 0) is 36.8 Å². The Bertz CT molecular complexity index is 717. The van der Waals surface area contributed by atoms with Crippen LogP contribution in [0.4, 0.5) is 5.69 Å². The number of halogens is 1. The molecule has 0 saturated heterocycles. The fourth-order valence-electron chi connectivity index (χ4n) is 1.71. The molecular weight excluding hydrogens is 310 g/mol. The summed E-state index contributed by atoms with van der Waals surface area (Å²) in [5, 5.41) is 11.2. The summed E-state index contributed by atoms with van der Waals surface area (Å²) in [6, 6.07) is 10.4. The third-order valence-corrected chi connectivity index (χ3v) is 2.98. The number of esters is 1. The van der Waals surface area contributed by atoms with Gasteiger partial charge in [-0.25, -0.2) is 4.79 Å². The lowest BCUT2D eigenvalue weighted by Crippen LogP contribution is -2.18. The molecule has 2 aromatic rings. The second kappa shape index (κ2) is 6.91. The van der Waals surface area contributed by atoms with Crippen LogP contribution in [0.3, 0.4) is 0 Å². The van der Waals surface area contributed by atoms with E-state index < -0.39 is 10.9 Å². The van der Waals surface area contributed by atoms with E-state index in [9.17, 15) is 14.9 Å². The summed E-state index contributed by atoms with van der Waals surface area (Å²) >= 11 is 5.81. The van der Waals surface area contributed by atoms with E-state index >= 15 is 0 Å². The molecule has 0 fully saturated rings. The molecule has 0 radical (unpaired) electrons. The maximum Gasteiger partial charge on any atom is 0.349 e. The lowest BCUT2D eigenvalue weighted by Gasteiger charge is -2.08. The fraction of sp³-hybridized carbons (Fsp3) is 0.133. The average Bonchev–Trinajstić information content (AvgIpc) is 2.48. The average molecular weight is 322 g/mol. The number of benzene rings is 2. The first-order valence-corrected chi connectivity index (χ1v) is 6.67. The number of aryl methyl sites for hydroxylation is 1. The van der Waals surface area contributed by atoms with Crippen molar-refractivity contribution in [3.63, 3.8) is 0 Å². The molecule has 7 heteroatoms. The molecule has 0 atom stereocenters. The number of ether oxygens (including phenoxy) is 2. The highest BCUT2D eigenvalue weighted by atomic mass is 35.5. The van der Waals surface area contributed by atoms with E-state index in [0.29, 0.717) is 10.8 Å². The number of hydrogen-bond donors (Lipinski definition) is 0. The molecule has 2 rings (SSSR count). The predicted molar refractivity (Wildman–Crippen MR) is 80.4 cm³/mol. The number of nitrogens with zero attached hydrogens (tertiary/aromatic N) is 1. The van der Waals surface area contributed by atoms with Crippen LogP contribution < -0.4 is 9.47 Å². The Kier molecular flexibility index (Phi) is 4.95. The summed E-state index contributed by atoms with van der Waals surface area (Å²) in [7, 11) is 0. The van der Waals surface area contributed by atoms with E-state index in [1.807, 2.05) is 0 Å². The molecule has 0 aliphatic heterocycles. The predicted octanol–water partition coefficient (Wildman–Crippen LogP) is 3.54. The number of rotatable bonds is 5. The van der Waals surface area contributed by atoms with E-state index in [-0.39, 0.29) is 18.0 Å². The van der Waals surface area contributed by atoms with Gasteiger partial charge in [0.15, 0.2) is 6.61 Å². The molecule has 0 unspecified atom stereocenters. The van der Waals surface area contributed by atoms with Crippen molar-refractivity contribution in [1.82, 2.24) is 0 Å². The van der Waals surface area contributed by atoms with Crippen LogP contribution >= 0.6 is 11.6 Å². The third kappa shape index (κ3) is 4.20. The van der Waals surface area contributed by atoms with Crippen LogP contribution in [0.15, 0.2) is 42.5 Å². The summed E-state index contributed by atoms with van der Waals surface area (Å²) in [4.78, 5) is 21.8. The topological polar surface area (TPSA) is 78.7 Å². The molecule has 0 aliphatic carbocycles. The molecule has 0 bridgehead atoms. The summed E-state index contributed by atoms with van der Waals surface area (Å²) in [5.74, 6) is -0.00653. The first kappa shape index (κ1) is 15.8. The molecule has 22 heavy (non-hydrogen) atoms. The van der Waals surface area contributed by atoms with Crippen LogP contribution in [0, 0.1) is 17.0 Å². The first-order valence-electron chi connectivity index (χ1n) is 6.30. The van der Waals surface area contributed by atoms with Crippen molar-refractivity contribution in [2.45, 2.75) is 6.92 Å². The summed E-state index contributed by atoms with van der Waals surface area (Å²) in [6.45, 7) is 1.40. The van der Waals surface area contributed by atoms with Crippen molar-refractivity contribution in [2.24, 2.45) is 0 Å². The van der Waals surface area contributed by atoms with E-state index in [1.165, 1.54) is 24.3 Å². The molecule has 0 spiro atoms. The summed E-state index contributed by atoms with van der Waals surface area (Å²) < 4.78 is 10.3. The van der Waals surface area contributed by atoms with Gasteiger partial charge in [0.25, 0.3) is 5.69 Å². The molecule has 0 amide bonds. The maximum atomic E-state index is 11.7. The van der Waals surface area contributed by atoms with Crippen LogP contribution in [-0.4, -0.2) is 17.5 Å².